The van der Waals surface area contributed by atoms with Gasteiger partial charge in [-0.15, -0.1) is 0 Å². The molecule has 2 heteroatoms. The standard InChI is InChI=1S/C12H25NO/c1-3-11(2)9-13-10-12(14)7-5-4-6-8-12/h11,13-14H,3-10H2,1-2H3/t11-/m1/s1. The Kier molecular flexibility index (Phi) is 4.90. The molecule has 14 heavy (non-hydrogen) atoms. The number of nitrogens with one attached hydrogen (secondary N) is 1. The van der Waals surface area contributed by atoms with Gasteiger partial charge in [-0.3, -0.25) is 0 Å². The van der Waals surface area contributed by atoms with E-state index >= 15 is 0 Å². The van der Waals surface area contributed by atoms with Gasteiger partial charge in [-0.05, 0) is 25.3 Å². The van der Waals surface area contributed by atoms with Gasteiger partial charge in [0.25, 0.3) is 0 Å². The molecule has 84 valence electrons. The molecule has 0 aromatic carbocycles. The number of aliphatic hydroxyl groups is 1. The van der Waals surface area contributed by atoms with Crippen molar-refractivity contribution < 1.29 is 5.11 Å². The average molecular weight is 199 g/mol. The molecule has 0 radical (unpaired) electrons. The van der Waals surface area contributed by atoms with Gasteiger partial charge in [0.15, 0.2) is 0 Å². The molecule has 0 saturated heterocycles. The number of hydrogen-bond donors (Lipinski definition) is 2. The Morgan fingerprint density at radius 2 is 1.93 bits per heavy atom. The molecule has 1 atom stereocenters. The van der Waals surface area contributed by atoms with Crippen molar-refractivity contribution in [2.45, 2.75) is 58.0 Å². The molecule has 0 bridgehead atoms. The lowest BCUT2D eigenvalue weighted by Gasteiger charge is -2.32. The summed E-state index contributed by atoms with van der Waals surface area (Å²) in [5, 5.41) is 13.6. The summed E-state index contributed by atoms with van der Waals surface area (Å²) in [5.74, 6) is 0.724. The molecule has 0 spiro atoms. The first kappa shape index (κ1) is 12.0. The highest BCUT2D eigenvalue weighted by atomic mass is 16.3. The Labute approximate surface area is 88.1 Å². The zero-order valence-electron chi connectivity index (χ0n) is 9.68. The lowest BCUT2D eigenvalue weighted by molar-refractivity contribution is 0.00443. The molecule has 0 heterocycles. The summed E-state index contributed by atoms with van der Waals surface area (Å²) in [4.78, 5) is 0. The third-order valence-electron chi connectivity index (χ3n) is 3.43. The number of hydrogen-bond acceptors (Lipinski definition) is 2. The van der Waals surface area contributed by atoms with E-state index in [0.717, 1.165) is 31.8 Å². The van der Waals surface area contributed by atoms with Crippen molar-refractivity contribution in [2.75, 3.05) is 13.1 Å². The second-order valence-corrected chi connectivity index (χ2v) is 4.93. The molecular weight excluding hydrogens is 174 g/mol. The van der Waals surface area contributed by atoms with Crippen molar-refractivity contribution in [1.82, 2.24) is 5.32 Å². The van der Waals surface area contributed by atoms with Gasteiger partial charge >= 0.3 is 0 Å². The molecular formula is C12H25NO. The molecule has 1 rings (SSSR count). The molecule has 0 aromatic heterocycles. The monoisotopic (exact) mass is 199 g/mol. The van der Waals surface area contributed by atoms with Crippen LogP contribution < -0.4 is 5.32 Å². The normalized spacial score (nSPS) is 23.4. The SMILES string of the molecule is CC[C@@H](C)CNCC1(O)CCCCC1. The van der Waals surface area contributed by atoms with Gasteiger partial charge in [0, 0.05) is 6.54 Å². The van der Waals surface area contributed by atoms with Crippen LogP contribution in [0.1, 0.15) is 52.4 Å². The van der Waals surface area contributed by atoms with Crippen LogP contribution in [0.2, 0.25) is 0 Å². The van der Waals surface area contributed by atoms with Crippen LogP contribution in [0.25, 0.3) is 0 Å². The molecule has 0 aliphatic heterocycles. The highest BCUT2D eigenvalue weighted by Crippen LogP contribution is 2.27. The summed E-state index contributed by atoms with van der Waals surface area (Å²) in [6.45, 7) is 6.29. The largest absolute Gasteiger partial charge is 0.389 e. The Balaban J connectivity index is 2.15. The van der Waals surface area contributed by atoms with Crippen LogP contribution in [-0.2, 0) is 0 Å². The molecule has 0 amide bonds. The Bertz CT molecular complexity index is 152. The molecule has 2 nitrogen and oxygen atoms in total. The van der Waals surface area contributed by atoms with Gasteiger partial charge in [-0.2, -0.15) is 0 Å². The second-order valence-electron chi connectivity index (χ2n) is 4.93. The topological polar surface area (TPSA) is 32.3 Å². The van der Waals surface area contributed by atoms with Crippen molar-refractivity contribution in [2.24, 2.45) is 5.92 Å². The van der Waals surface area contributed by atoms with E-state index in [2.05, 4.69) is 19.2 Å². The predicted molar refractivity (Wildman–Crippen MR) is 60.4 cm³/mol. The van der Waals surface area contributed by atoms with Crippen molar-refractivity contribution in [3.8, 4) is 0 Å². The smallest absolute Gasteiger partial charge is 0.0771 e. The summed E-state index contributed by atoms with van der Waals surface area (Å²) in [6, 6.07) is 0. The maximum absolute atomic E-state index is 10.2. The van der Waals surface area contributed by atoms with E-state index in [9.17, 15) is 5.11 Å². The first-order chi connectivity index (χ1) is 6.66. The van der Waals surface area contributed by atoms with Crippen LogP contribution in [0.4, 0.5) is 0 Å². The summed E-state index contributed by atoms with van der Waals surface area (Å²) in [5.41, 5.74) is -0.397. The third kappa shape index (κ3) is 3.97. The fraction of sp³-hybridized carbons (Fsp3) is 1.00. The molecule has 0 aromatic rings. The minimum atomic E-state index is -0.397. The lowest BCUT2D eigenvalue weighted by atomic mass is 9.85. The minimum Gasteiger partial charge on any atom is -0.389 e. The minimum absolute atomic E-state index is 0.397. The fourth-order valence-electron chi connectivity index (χ4n) is 2.08. The van der Waals surface area contributed by atoms with E-state index in [1.165, 1.54) is 25.7 Å². The van der Waals surface area contributed by atoms with Crippen LogP contribution in [0.5, 0.6) is 0 Å². The second kappa shape index (κ2) is 5.72. The quantitative estimate of drug-likeness (QED) is 0.712. The molecule has 0 unspecified atom stereocenters. The fourth-order valence-corrected chi connectivity index (χ4v) is 2.08. The van der Waals surface area contributed by atoms with Gasteiger partial charge in [-0.1, -0.05) is 39.5 Å². The van der Waals surface area contributed by atoms with Gasteiger partial charge < -0.3 is 10.4 Å². The zero-order valence-corrected chi connectivity index (χ0v) is 9.68. The molecule has 1 saturated carbocycles. The molecule has 1 fully saturated rings. The highest BCUT2D eigenvalue weighted by molar-refractivity contribution is 4.84. The first-order valence-corrected chi connectivity index (χ1v) is 6.09. The summed E-state index contributed by atoms with van der Waals surface area (Å²) >= 11 is 0. The van der Waals surface area contributed by atoms with Crippen LogP contribution in [0.15, 0.2) is 0 Å². The van der Waals surface area contributed by atoms with E-state index in [1.807, 2.05) is 0 Å². The highest BCUT2D eigenvalue weighted by Gasteiger charge is 2.28. The van der Waals surface area contributed by atoms with E-state index < -0.39 is 5.60 Å². The van der Waals surface area contributed by atoms with E-state index in [4.69, 9.17) is 0 Å². The van der Waals surface area contributed by atoms with Gasteiger partial charge in [-0.25, -0.2) is 0 Å². The van der Waals surface area contributed by atoms with E-state index in [-0.39, 0.29) is 0 Å². The Hall–Kier alpha value is -0.0800. The average Bonchev–Trinajstić information content (AvgIpc) is 2.18. The van der Waals surface area contributed by atoms with Crippen LogP contribution in [0.3, 0.4) is 0 Å². The van der Waals surface area contributed by atoms with Gasteiger partial charge in [0.05, 0.1) is 5.60 Å². The summed E-state index contributed by atoms with van der Waals surface area (Å²) in [7, 11) is 0. The Morgan fingerprint density at radius 1 is 1.29 bits per heavy atom. The summed E-state index contributed by atoms with van der Waals surface area (Å²) in [6.07, 6.45) is 6.88. The van der Waals surface area contributed by atoms with Crippen LogP contribution >= 0.6 is 0 Å². The Morgan fingerprint density at radius 3 is 2.50 bits per heavy atom. The molecule has 2 N–H and O–H groups in total. The van der Waals surface area contributed by atoms with E-state index in [0.29, 0.717) is 0 Å². The van der Waals surface area contributed by atoms with Gasteiger partial charge in [0.1, 0.15) is 0 Å². The van der Waals surface area contributed by atoms with Crippen molar-refractivity contribution in [3.05, 3.63) is 0 Å². The van der Waals surface area contributed by atoms with Gasteiger partial charge in [0.2, 0.25) is 0 Å². The van der Waals surface area contributed by atoms with E-state index in [1.54, 1.807) is 0 Å². The zero-order chi connectivity index (χ0) is 10.4. The maximum Gasteiger partial charge on any atom is 0.0771 e. The molecule has 1 aliphatic carbocycles. The van der Waals surface area contributed by atoms with Crippen molar-refractivity contribution in [1.29, 1.82) is 0 Å². The predicted octanol–water partition coefficient (Wildman–Crippen LogP) is 2.32. The number of rotatable bonds is 5. The first-order valence-electron chi connectivity index (χ1n) is 6.09. The summed E-state index contributed by atoms with van der Waals surface area (Å²) < 4.78 is 0. The third-order valence-corrected chi connectivity index (χ3v) is 3.43. The van der Waals surface area contributed by atoms with Crippen LogP contribution in [-0.4, -0.2) is 23.8 Å². The van der Waals surface area contributed by atoms with Crippen LogP contribution in [0, 0.1) is 5.92 Å². The maximum atomic E-state index is 10.2. The lowest BCUT2D eigenvalue weighted by Crippen LogP contribution is -2.43. The van der Waals surface area contributed by atoms with Crippen molar-refractivity contribution >= 4 is 0 Å². The van der Waals surface area contributed by atoms with Crippen molar-refractivity contribution in [3.63, 3.8) is 0 Å². The molecule has 1 aliphatic rings.